The number of benzene rings is 1. The zero-order chi connectivity index (χ0) is 16.1. The smallest absolute Gasteiger partial charge is 0.259 e. The molecule has 0 unspecified atom stereocenters. The number of rotatable bonds is 5. The molecule has 1 amide bonds. The van der Waals surface area contributed by atoms with E-state index in [2.05, 4.69) is 21.9 Å². The summed E-state index contributed by atoms with van der Waals surface area (Å²) in [6.07, 6.45) is 0. The van der Waals surface area contributed by atoms with Gasteiger partial charge in [0.15, 0.2) is 0 Å². The molecule has 0 saturated heterocycles. The standard InChI is InChI=1S/C17H21N3OS/c1-11-5-7-15(12(2)9-11)18-10-17(21)20-19-14(4)16-8-6-13(3)22-16/h5-9,18H,10H2,1-4H3,(H,20,21)/b19-14-. The van der Waals surface area contributed by atoms with E-state index in [1.54, 1.807) is 11.3 Å². The second-order valence-electron chi connectivity index (χ2n) is 5.31. The van der Waals surface area contributed by atoms with E-state index in [-0.39, 0.29) is 12.5 Å². The van der Waals surface area contributed by atoms with Gasteiger partial charge in [-0.15, -0.1) is 11.3 Å². The maximum Gasteiger partial charge on any atom is 0.259 e. The summed E-state index contributed by atoms with van der Waals surface area (Å²) >= 11 is 1.66. The van der Waals surface area contributed by atoms with Crippen LogP contribution in [0, 0.1) is 20.8 Å². The molecule has 0 aliphatic carbocycles. The van der Waals surface area contributed by atoms with Crippen LogP contribution in [-0.4, -0.2) is 18.2 Å². The summed E-state index contributed by atoms with van der Waals surface area (Å²) in [6.45, 7) is 8.21. The molecule has 4 nitrogen and oxygen atoms in total. The Kier molecular flexibility index (Phi) is 5.33. The predicted molar refractivity (Wildman–Crippen MR) is 93.8 cm³/mol. The van der Waals surface area contributed by atoms with Gasteiger partial charge in [-0.25, -0.2) is 5.43 Å². The third-order valence-corrected chi connectivity index (χ3v) is 4.38. The molecule has 0 atom stereocenters. The molecule has 116 valence electrons. The van der Waals surface area contributed by atoms with Gasteiger partial charge in [-0.3, -0.25) is 4.79 Å². The molecule has 2 aromatic rings. The van der Waals surface area contributed by atoms with E-state index in [1.165, 1.54) is 10.4 Å². The number of nitrogens with zero attached hydrogens (tertiary/aromatic N) is 1. The van der Waals surface area contributed by atoms with Crippen LogP contribution in [0.3, 0.4) is 0 Å². The van der Waals surface area contributed by atoms with Crippen molar-refractivity contribution in [2.75, 3.05) is 11.9 Å². The van der Waals surface area contributed by atoms with Gasteiger partial charge in [-0.05, 0) is 51.5 Å². The number of amides is 1. The van der Waals surface area contributed by atoms with E-state index in [4.69, 9.17) is 0 Å². The highest BCUT2D eigenvalue weighted by molar-refractivity contribution is 7.14. The van der Waals surface area contributed by atoms with Gasteiger partial charge in [0.25, 0.3) is 5.91 Å². The summed E-state index contributed by atoms with van der Waals surface area (Å²) in [5, 5.41) is 7.27. The van der Waals surface area contributed by atoms with Crippen LogP contribution in [0.5, 0.6) is 0 Å². The lowest BCUT2D eigenvalue weighted by atomic mass is 10.1. The number of aryl methyl sites for hydroxylation is 3. The van der Waals surface area contributed by atoms with E-state index >= 15 is 0 Å². The number of hydrogen-bond acceptors (Lipinski definition) is 4. The van der Waals surface area contributed by atoms with Crippen molar-refractivity contribution in [3.05, 3.63) is 51.2 Å². The quantitative estimate of drug-likeness (QED) is 0.654. The van der Waals surface area contributed by atoms with Crippen molar-refractivity contribution in [2.24, 2.45) is 5.10 Å². The summed E-state index contributed by atoms with van der Waals surface area (Å²) in [7, 11) is 0. The van der Waals surface area contributed by atoms with Gasteiger partial charge in [-0.2, -0.15) is 5.10 Å². The molecule has 0 fully saturated rings. The van der Waals surface area contributed by atoms with Crippen molar-refractivity contribution in [1.82, 2.24) is 5.43 Å². The summed E-state index contributed by atoms with van der Waals surface area (Å²) in [6, 6.07) is 10.2. The van der Waals surface area contributed by atoms with E-state index < -0.39 is 0 Å². The van der Waals surface area contributed by atoms with Crippen LogP contribution in [0.4, 0.5) is 5.69 Å². The fourth-order valence-corrected chi connectivity index (χ4v) is 2.87. The van der Waals surface area contributed by atoms with Gasteiger partial charge < -0.3 is 5.32 Å². The molecule has 0 saturated carbocycles. The number of nitrogens with one attached hydrogen (secondary N) is 2. The molecule has 2 rings (SSSR count). The highest BCUT2D eigenvalue weighted by Gasteiger charge is 2.04. The van der Waals surface area contributed by atoms with Crippen LogP contribution < -0.4 is 10.7 Å². The molecule has 2 N–H and O–H groups in total. The van der Waals surface area contributed by atoms with Gasteiger partial charge in [0.2, 0.25) is 0 Å². The van der Waals surface area contributed by atoms with Crippen LogP contribution in [-0.2, 0) is 4.79 Å². The zero-order valence-electron chi connectivity index (χ0n) is 13.4. The summed E-state index contributed by atoms with van der Waals surface area (Å²) < 4.78 is 0. The largest absolute Gasteiger partial charge is 0.376 e. The third kappa shape index (κ3) is 4.43. The second kappa shape index (κ2) is 7.22. The Morgan fingerprint density at radius 2 is 1.95 bits per heavy atom. The van der Waals surface area contributed by atoms with Gasteiger partial charge in [-0.1, -0.05) is 17.7 Å². The molecule has 0 aliphatic heterocycles. The molecule has 0 radical (unpaired) electrons. The number of thiophene rings is 1. The Balaban J connectivity index is 1.88. The molecular weight excluding hydrogens is 294 g/mol. The lowest BCUT2D eigenvalue weighted by molar-refractivity contribution is -0.119. The molecular formula is C17H21N3OS. The monoisotopic (exact) mass is 315 g/mol. The van der Waals surface area contributed by atoms with E-state index in [0.29, 0.717) is 0 Å². The molecule has 22 heavy (non-hydrogen) atoms. The summed E-state index contributed by atoms with van der Waals surface area (Å²) in [4.78, 5) is 14.2. The number of anilines is 1. The Bertz CT molecular complexity index is 704. The van der Waals surface area contributed by atoms with Crippen LogP contribution in [0.25, 0.3) is 0 Å². The molecule has 1 aromatic heterocycles. The first-order valence-electron chi connectivity index (χ1n) is 7.17. The first-order chi connectivity index (χ1) is 10.5. The number of hydrazone groups is 1. The van der Waals surface area contributed by atoms with Crippen molar-refractivity contribution in [1.29, 1.82) is 0 Å². The Labute approximate surface area is 135 Å². The average Bonchev–Trinajstić information content (AvgIpc) is 2.90. The highest BCUT2D eigenvalue weighted by Crippen LogP contribution is 2.16. The first kappa shape index (κ1) is 16.2. The Hall–Kier alpha value is -2.14. The Morgan fingerprint density at radius 1 is 1.18 bits per heavy atom. The minimum Gasteiger partial charge on any atom is -0.376 e. The molecule has 1 aromatic carbocycles. The zero-order valence-corrected chi connectivity index (χ0v) is 14.2. The minimum absolute atomic E-state index is 0.160. The highest BCUT2D eigenvalue weighted by atomic mass is 32.1. The topological polar surface area (TPSA) is 53.5 Å². The number of hydrogen-bond donors (Lipinski definition) is 2. The first-order valence-corrected chi connectivity index (χ1v) is 7.98. The lowest BCUT2D eigenvalue weighted by Gasteiger charge is -2.09. The van der Waals surface area contributed by atoms with E-state index in [1.807, 2.05) is 52.0 Å². The SMILES string of the molecule is C/C(=N/NC(=O)CNc1ccc(C)cc1C)c1ccc(C)s1. The number of carbonyl (C=O) groups excluding carboxylic acids is 1. The molecule has 5 heteroatoms. The lowest BCUT2D eigenvalue weighted by Crippen LogP contribution is -2.26. The van der Waals surface area contributed by atoms with Crippen molar-refractivity contribution in [2.45, 2.75) is 27.7 Å². The molecule has 0 spiro atoms. The molecule has 0 bridgehead atoms. The molecule has 0 aliphatic rings. The van der Waals surface area contributed by atoms with Gasteiger partial charge >= 0.3 is 0 Å². The van der Waals surface area contributed by atoms with E-state index in [9.17, 15) is 4.79 Å². The fraction of sp³-hybridized carbons (Fsp3) is 0.294. The number of carbonyl (C=O) groups is 1. The third-order valence-electron chi connectivity index (χ3n) is 3.27. The maximum absolute atomic E-state index is 11.9. The summed E-state index contributed by atoms with van der Waals surface area (Å²) in [5.74, 6) is -0.160. The average molecular weight is 315 g/mol. The van der Waals surface area contributed by atoms with Crippen LogP contribution in [0.2, 0.25) is 0 Å². The van der Waals surface area contributed by atoms with Crippen LogP contribution >= 0.6 is 11.3 Å². The predicted octanol–water partition coefficient (Wildman–Crippen LogP) is 3.63. The summed E-state index contributed by atoms with van der Waals surface area (Å²) in [5.41, 5.74) is 6.70. The van der Waals surface area contributed by atoms with E-state index in [0.717, 1.165) is 21.8 Å². The normalized spacial score (nSPS) is 11.4. The van der Waals surface area contributed by atoms with Crippen LogP contribution in [0.15, 0.2) is 35.4 Å². The van der Waals surface area contributed by atoms with Crippen molar-refractivity contribution in [3.63, 3.8) is 0 Å². The molecule has 1 heterocycles. The maximum atomic E-state index is 11.9. The van der Waals surface area contributed by atoms with Crippen molar-refractivity contribution in [3.8, 4) is 0 Å². The van der Waals surface area contributed by atoms with Gasteiger partial charge in [0, 0.05) is 10.6 Å². The minimum atomic E-state index is -0.160. The second-order valence-corrected chi connectivity index (χ2v) is 6.60. The van der Waals surface area contributed by atoms with Crippen molar-refractivity contribution < 1.29 is 4.79 Å². The van der Waals surface area contributed by atoms with Crippen molar-refractivity contribution >= 4 is 28.6 Å². The Morgan fingerprint density at radius 3 is 2.59 bits per heavy atom. The van der Waals surface area contributed by atoms with Crippen LogP contribution in [0.1, 0.15) is 27.8 Å². The van der Waals surface area contributed by atoms with Gasteiger partial charge in [0.1, 0.15) is 0 Å². The van der Waals surface area contributed by atoms with Gasteiger partial charge in [0.05, 0.1) is 17.1 Å². The fourth-order valence-electron chi connectivity index (χ4n) is 2.06.